The lowest BCUT2D eigenvalue weighted by molar-refractivity contribution is -0.125. The molecule has 0 bridgehead atoms. The SMILES string of the molecule is Cc1nn(Cc2ccccc2)c(C)c1CNC(=O)CNC(=O)CNC(=O)c1ccco1. The molecule has 162 valence electrons. The molecule has 0 atom stereocenters. The van der Waals surface area contributed by atoms with Crippen molar-refractivity contribution in [3.05, 3.63) is 77.0 Å². The molecule has 9 heteroatoms. The third-order valence-corrected chi connectivity index (χ3v) is 4.77. The molecule has 0 fully saturated rings. The zero-order valence-electron chi connectivity index (χ0n) is 17.5. The first-order chi connectivity index (χ1) is 14.9. The van der Waals surface area contributed by atoms with Crippen LogP contribution < -0.4 is 16.0 Å². The van der Waals surface area contributed by atoms with E-state index >= 15 is 0 Å². The quantitative estimate of drug-likeness (QED) is 0.480. The van der Waals surface area contributed by atoms with Gasteiger partial charge in [0.2, 0.25) is 11.8 Å². The highest BCUT2D eigenvalue weighted by molar-refractivity contribution is 5.94. The summed E-state index contributed by atoms with van der Waals surface area (Å²) in [6.07, 6.45) is 1.37. The standard InChI is InChI=1S/C22H25N5O4/c1-15-18(16(2)27(26-15)14-17-7-4-3-5-8-17)11-23-20(28)12-24-21(29)13-25-22(30)19-9-6-10-31-19/h3-10H,11-14H2,1-2H3,(H,23,28)(H,24,29)(H,25,30). The number of amides is 3. The molecule has 1 aromatic carbocycles. The number of hydrogen-bond donors (Lipinski definition) is 3. The Labute approximate surface area is 179 Å². The summed E-state index contributed by atoms with van der Waals surface area (Å²) >= 11 is 0. The molecule has 31 heavy (non-hydrogen) atoms. The van der Waals surface area contributed by atoms with E-state index in [-0.39, 0.29) is 24.8 Å². The zero-order chi connectivity index (χ0) is 22.2. The Balaban J connectivity index is 1.43. The van der Waals surface area contributed by atoms with E-state index < -0.39 is 11.8 Å². The van der Waals surface area contributed by atoms with Crippen LogP contribution in [0.4, 0.5) is 0 Å². The minimum atomic E-state index is -0.497. The van der Waals surface area contributed by atoms with Gasteiger partial charge in [0, 0.05) is 17.8 Å². The van der Waals surface area contributed by atoms with Crippen molar-refractivity contribution >= 4 is 17.7 Å². The fourth-order valence-electron chi connectivity index (χ4n) is 3.05. The average Bonchev–Trinajstić information content (AvgIpc) is 3.39. The molecule has 0 aliphatic heterocycles. The Hall–Kier alpha value is -3.88. The normalized spacial score (nSPS) is 10.5. The summed E-state index contributed by atoms with van der Waals surface area (Å²) < 4.78 is 6.85. The molecular weight excluding hydrogens is 398 g/mol. The molecule has 0 spiro atoms. The van der Waals surface area contributed by atoms with Crippen LogP contribution in [0.25, 0.3) is 0 Å². The molecule has 2 aromatic heterocycles. The van der Waals surface area contributed by atoms with Gasteiger partial charge < -0.3 is 20.4 Å². The van der Waals surface area contributed by atoms with Crippen LogP contribution in [0.5, 0.6) is 0 Å². The van der Waals surface area contributed by atoms with Crippen molar-refractivity contribution in [1.82, 2.24) is 25.7 Å². The largest absolute Gasteiger partial charge is 0.459 e. The molecule has 0 aliphatic carbocycles. The molecule has 0 aliphatic rings. The summed E-state index contributed by atoms with van der Waals surface area (Å²) in [4.78, 5) is 35.7. The van der Waals surface area contributed by atoms with E-state index in [1.54, 1.807) is 6.07 Å². The second kappa shape index (κ2) is 10.2. The number of carbonyl (C=O) groups is 3. The van der Waals surface area contributed by atoms with Crippen molar-refractivity contribution in [1.29, 1.82) is 0 Å². The highest BCUT2D eigenvalue weighted by Gasteiger charge is 2.14. The minimum Gasteiger partial charge on any atom is -0.459 e. The minimum absolute atomic E-state index is 0.115. The summed E-state index contributed by atoms with van der Waals surface area (Å²) in [5.41, 5.74) is 3.91. The first-order valence-corrected chi connectivity index (χ1v) is 9.86. The van der Waals surface area contributed by atoms with Gasteiger partial charge in [-0.3, -0.25) is 19.1 Å². The van der Waals surface area contributed by atoms with Crippen LogP contribution in [0.1, 0.15) is 33.1 Å². The van der Waals surface area contributed by atoms with E-state index in [9.17, 15) is 14.4 Å². The Morgan fingerprint density at radius 3 is 2.35 bits per heavy atom. The molecule has 3 aromatic rings. The Bertz CT molecular complexity index is 1040. The van der Waals surface area contributed by atoms with Gasteiger partial charge in [0.15, 0.2) is 5.76 Å². The van der Waals surface area contributed by atoms with Crippen LogP contribution in [-0.2, 0) is 22.7 Å². The Morgan fingerprint density at radius 1 is 0.935 bits per heavy atom. The van der Waals surface area contributed by atoms with Crippen LogP contribution in [0, 0.1) is 13.8 Å². The molecule has 0 radical (unpaired) electrons. The predicted octanol–water partition coefficient (Wildman–Crippen LogP) is 1.30. The van der Waals surface area contributed by atoms with E-state index in [0.717, 1.165) is 22.5 Å². The van der Waals surface area contributed by atoms with Gasteiger partial charge in [0.1, 0.15) is 0 Å². The van der Waals surface area contributed by atoms with Crippen molar-refractivity contribution in [2.45, 2.75) is 26.9 Å². The van der Waals surface area contributed by atoms with Crippen molar-refractivity contribution in [2.75, 3.05) is 13.1 Å². The highest BCUT2D eigenvalue weighted by Crippen LogP contribution is 2.14. The molecule has 0 unspecified atom stereocenters. The second-order valence-corrected chi connectivity index (χ2v) is 7.01. The smallest absolute Gasteiger partial charge is 0.287 e. The third-order valence-electron chi connectivity index (χ3n) is 4.77. The summed E-state index contributed by atoms with van der Waals surface area (Å²) in [5.74, 6) is -1.19. The maximum atomic E-state index is 12.1. The number of hydrogen-bond acceptors (Lipinski definition) is 5. The zero-order valence-corrected chi connectivity index (χ0v) is 17.5. The summed E-state index contributed by atoms with van der Waals surface area (Å²) in [5, 5.41) is 12.2. The predicted molar refractivity (Wildman–Crippen MR) is 113 cm³/mol. The van der Waals surface area contributed by atoms with Crippen LogP contribution in [-0.4, -0.2) is 40.6 Å². The number of carbonyl (C=O) groups excluding carboxylic acids is 3. The maximum Gasteiger partial charge on any atom is 0.287 e. The number of aromatic nitrogens is 2. The Kier molecular flexibility index (Phi) is 7.21. The van der Waals surface area contributed by atoms with Crippen LogP contribution in [0.15, 0.2) is 53.1 Å². The first-order valence-electron chi connectivity index (χ1n) is 9.86. The fraction of sp³-hybridized carbons (Fsp3) is 0.273. The number of nitrogens with one attached hydrogen (secondary N) is 3. The summed E-state index contributed by atoms with van der Waals surface area (Å²) in [6.45, 7) is 4.40. The highest BCUT2D eigenvalue weighted by atomic mass is 16.3. The van der Waals surface area contributed by atoms with Crippen LogP contribution >= 0.6 is 0 Å². The second-order valence-electron chi connectivity index (χ2n) is 7.01. The van der Waals surface area contributed by atoms with Gasteiger partial charge in [-0.1, -0.05) is 30.3 Å². The van der Waals surface area contributed by atoms with Gasteiger partial charge in [-0.05, 0) is 31.5 Å². The van der Waals surface area contributed by atoms with Crippen molar-refractivity contribution in [2.24, 2.45) is 0 Å². The number of rotatable bonds is 9. The lowest BCUT2D eigenvalue weighted by atomic mass is 10.2. The van der Waals surface area contributed by atoms with Crippen molar-refractivity contribution in [3.8, 4) is 0 Å². The van der Waals surface area contributed by atoms with Gasteiger partial charge >= 0.3 is 0 Å². The topological polar surface area (TPSA) is 118 Å². The molecule has 3 rings (SSSR count). The van der Waals surface area contributed by atoms with E-state index in [1.807, 2.05) is 48.9 Å². The lowest BCUT2D eigenvalue weighted by Crippen LogP contribution is -2.41. The van der Waals surface area contributed by atoms with Gasteiger partial charge in [-0.15, -0.1) is 0 Å². The summed E-state index contributed by atoms with van der Waals surface area (Å²) in [6, 6.07) is 13.1. The number of nitrogens with zero attached hydrogens (tertiary/aromatic N) is 2. The number of benzene rings is 1. The van der Waals surface area contributed by atoms with Gasteiger partial charge in [-0.25, -0.2) is 0 Å². The molecule has 3 amide bonds. The van der Waals surface area contributed by atoms with Crippen molar-refractivity contribution < 1.29 is 18.8 Å². The summed E-state index contributed by atoms with van der Waals surface area (Å²) in [7, 11) is 0. The number of aryl methyl sites for hydroxylation is 1. The van der Waals surface area contributed by atoms with Gasteiger partial charge in [0.05, 0.1) is 31.6 Å². The molecular formula is C22H25N5O4. The van der Waals surface area contributed by atoms with E-state index in [0.29, 0.717) is 13.1 Å². The lowest BCUT2D eigenvalue weighted by Gasteiger charge is -2.09. The van der Waals surface area contributed by atoms with Gasteiger partial charge in [-0.2, -0.15) is 5.10 Å². The molecule has 0 saturated carbocycles. The number of furan rings is 1. The van der Waals surface area contributed by atoms with E-state index in [4.69, 9.17) is 4.42 Å². The van der Waals surface area contributed by atoms with Crippen LogP contribution in [0.3, 0.4) is 0 Å². The van der Waals surface area contributed by atoms with E-state index in [2.05, 4.69) is 21.0 Å². The third kappa shape index (κ3) is 6.05. The fourth-order valence-corrected chi connectivity index (χ4v) is 3.05. The van der Waals surface area contributed by atoms with E-state index in [1.165, 1.54) is 12.3 Å². The van der Waals surface area contributed by atoms with Crippen LogP contribution in [0.2, 0.25) is 0 Å². The monoisotopic (exact) mass is 423 g/mol. The molecule has 2 heterocycles. The molecule has 9 nitrogen and oxygen atoms in total. The van der Waals surface area contributed by atoms with Crippen molar-refractivity contribution in [3.63, 3.8) is 0 Å². The average molecular weight is 423 g/mol. The Morgan fingerprint density at radius 2 is 1.65 bits per heavy atom. The maximum absolute atomic E-state index is 12.1. The molecule has 0 saturated heterocycles. The molecule has 3 N–H and O–H groups in total. The van der Waals surface area contributed by atoms with Gasteiger partial charge in [0.25, 0.3) is 5.91 Å². The first kappa shape index (κ1) is 21.8.